The summed E-state index contributed by atoms with van der Waals surface area (Å²) in [6, 6.07) is 7.75. The first-order valence-corrected chi connectivity index (χ1v) is 9.85. The zero-order valence-corrected chi connectivity index (χ0v) is 16.2. The molecule has 1 heterocycles. The molecule has 1 aromatic rings. The van der Waals surface area contributed by atoms with Crippen LogP contribution in [-0.2, 0) is 16.1 Å². The number of nitrogens with zero attached hydrogens (tertiary/aromatic N) is 2. The van der Waals surface area contributed by atoms with Crippen molar-refractivity contribution in [1.29, 1.82) is 0 Å². The molecule has 3 rings (SSSR count). The number of hydrogen-bond acceptors (Lipinski definition) is 4. The number of carboxylic acids is 1. The summed E-state index contributed by atoms with van der Waals surface area (Å²) >= 11 is 0. The van der Waals surface area contributed by atoms with E-state index in [4.69, 9.17) is 5.11 Å². The fraction of sp³-hybridized carbons (Fsp3) is 0.550. The van der Waals surface area contributed by atoms with E-state index in [-0.39, 0.29) is 30.6 Å². The standard InChI is InChI=1S/C20H28N4O4/c1-2-23(13-19(26)27)17-10-15(11-17)22-20(28)21-12-14-5-7-16(8-6-14)24-9-3-4-18(24)25/h5-8,15,17H,2-4,9-13H2,1H3,(H,26,27)(H2,21,22,28). The molecule has 0 spiro atoms. The normalized spacial score (nSPS) is 21.5. The lowest BCUT2D eigenvalue weighted by atomic mass is 9.85. The van der Waals surface area contributed by atoms with Crippen LogP contribution in [0.3, 0.4) is 0 Å². The molecule has 8 nitrogen and oxygen atoms in total. The molecule has 0 radical (unpaired) electrons. The Morgan fingerprint density at radius 1 is 1.25 bits per heavy atom. The lowest BCUT2D eigenvalue weighted by Gasteiger charge is -2.42. The van der Waals surface area contributed by atoms with Crippen LogP contribution >= 0.6 is 0 Å². The van der Waals surface area contributed by atoms with E-state index in [0.717, 1.165) is 37.1 Å². The average Bonchev–Trinajstić information content (AvgIpc) is 3.07. The molecule has 0 atom stereocenters. The maximum atomic E-state index is 12.1. The number of rotatable bonds is 8. The van der Waals surface area contributed by atoms with E-state index in [0.29, 0.717) is 19.5 Å². The number of likely N-dealkylation sites (N-methyl/N-ethyl adjacent to an activating group) is 1. The third-order valence-electron chi connectivity index (χ3n) is 5.48. The Morgan fingerprint density at radius 3 is 2.54 bits per heavy atom. The third-order valence-corrected chi connectivity index (χ3v) is 5.48. The molecule has 8 heteroatoms. The van der Waals surface area contributed by atoms with Gasteiger partial charge in [0.05, 0.1) is 6.54 Å². The summed E-state index contributed by atoms with van der Waals surface area (Å²) in [4.78, 5) is 38.4. The molecule has 0 bridgehead atoms. The Labute approximate surface area is 164 Å². The molecule has 28 heavy (non-hydrogen) atoms. The predicted octanol–water partition coefficient (Wildman–Crippen LogP) is 1.55. The highest BCUT2D eigenvalue weighted by Crippen LogP contribution is 2.25. The van der Waals surface area contributed by atoms with Gasteiger partial charge in [-0.1, -0.05) is 19.1 Å². The zero-order valence-electron chi connectivity index (χ0n) is 16.2. The highest BCUT2D eigenvalue weighted by Gasteiger charge is 2.34. The Morgan fingerprint density at radius 2 is 1.96 bits per heavy atom. The number of amides is 3. The van der Waals surface area contributed by atoms with Crippen molar-refractivity contribution >= 4 is 23.6 Å². The van der Waals surface area contributed by atoms with Gasteiger partial charge in [0.2, 0.25) is 5.91 Å². The number of anilines is 1. The van der Waals surface area contributed by atoms with Crippen molar-refractivity contribution in [1.82, 2.24) is 15.5 Å². The van der Waals surface area contributed by atoms with Crippen LogP contribution in [-0.4, -0.2) is 59.6 Å². The van der Waals surface area contributed by atoms with E-state index in [9.17, 15) is 14.4 Å². The highest BCUT2D eigenvalue weighted by molar-refractivity contribution is 5.95. The number of hydrogen-bond donors (Lipinski definition) is 3. The summed E-state index contributed by atoms with van der Waals surface area (Å²) in [5.74, 6) is -0.662. The number of nitrogens with one attached hydrogen (secondary N) is 2. The van der Waals surface area contributed by atoms with Gasteiger partial charge in [-0.05, 0) is 43.5 Å². The van der Waals surface area contributed by atoms with Gasteiger partial charge in [0.15, 0.2) is 0 Å². The van der Waals surface area contributed by atoms with Crippen molar-refractivity contribution in [2.24, 2.45) is 0 Å². The fourth-order valence-electron chi connectivity index (χ4n) is 3.81. The van der Waals surface area contributed by atoms with Crippen LogP contribution in [0.1, 0.15) is 38.2 Å². The summed E-state index contributed by atoms with van der Waals surface area (Å²) in [6.45, 7) is 3.86. The van der Waals surface area contributed by atoms with Crippen LogP contribution in [0.25, 0.3) is 0 Å². The van der Waals surface area contributed by atoms with Crippen LogP contribution in [0.5, 0.6) is 0 Å². The van der Waals surface area contributed by atoms with Crippen molar-refractivity contribution in [2.75, 3.05) is 24.5 Å². The van der Waals surface area contributed by atoms with E-state index in [1.807, 2.05) is 36.1 Å². The van der Waals surface area contributed by atoms with E-state index in [2.05, 4.69) is 10.6 Å². The molecule has 1 saturated carbocycles. The van der Waals surface area contributed by atoms with Crippen LogP contribution in [0, 0.1) is 0 Å². The molecule has 1 saturated heterocycles. The Balaban J connectivity index is 1.38. The van der Waals surface area contributed by atoms with Crippen molar-refractivity contribution in [2.45, 2.75) is 51.2 Å². The molecule has 152 valence electrons. The molecule has 0 aromatic heterocycles. The topological polar surface area (TPSA) is 102 Å². The Bertz CT molecular complexity index is 715. The third kappa shape index (κ3) is 5.01. The summed E-state index contributed by atoms with van der Waals surface area (Å²) in [7, 11) is 0. The number of carbonyl (C=O) groups is 3. The summed E-state index contributed by atoms with van der Waals surface area (Å²) in [5, 5.41) is 14.7. The Kier molecular flexibility index (Phi) is 6.51. The lowest BCUT2D eigenvalue weighted by Crippen LogP contribution is -2.56. The number of urea groups is 1. The molecule has 1 aliphatic carbocycles. The van der Waals surface area contributed by atoms with Crippen LogP contribution in [0.15, 0.2) is 24.3 Å². The summed E-state index contributed by atoms with van der Waals surface area (Å²) in [5.41, 5.74) is 1.87. The molecule has 2 aliphatic rings. The van der Waals surface area contributed by atoms with Crippen LogP contribution in [0.4, 0.5) is 10.5 Å². The van der Waals surface area contributed by atoms with E-state index >= 15 is 0 Å². The number of carboxylic acid groups (broad SMARTS) is 1. The van der Waals surface area contributed by atoms with E-state index < -0.39 is 5.97 Å². The lowest BCUT2D eigenvalue weighted by molar-refractivity contribution is -0.139. The number of aliphatic carboxylic acids is 1. The second kappa shape index (κ2) is 9.05. The molecule has 3 amide bonds. The van der Waals surface area contributed by atoms with Crippen molar-refractivity contribution in [3.63, 3.8) is 0 Å². The SMILES string of the molecule is CCN(CC(=O)O)C1CC(NC(=O)NCc2ccc(N3CCCC3=O)cc2)C1. The molecule has 1 aromatic carbocycles. The zero-order chi connectivity index (χ0) is 20.1. The van der Waals surface area contributed by atoms with Gasteiger partial charge >= 0.3 is 12.0 Å². The van der Waals surface area contributed by atoms with Crippen LogP contribution in [0.2, 0.25) is 0 Å². The molecular weight excluding hydrogens is 360 g/mol. The van der Waals surface area contributed by atoms with Gasteiger partial charge in [0.25, 0.3) is 0 Å². The summed E-state index contributed by atoms with van der Waals surface area (Å²) < 4.78 is 0. The molecule has 2 fully saturated rings. The second-order valence-electron chi connectivity index (χ2n) is 7.42. The van der Waals surface area contributed by atoms with Gasteiger partial charge in [-0.25, -0.2) is 4.79 Å². The van der Waals surface area contributed by atoms with Gasteiger partial charge in [-0.15, -0.1) is 0 Å². The number of benzene rings is 1. The van der Waals surface area contributed by atoms with Gasteiger partial charge in [0, 0.05) is 37.3 Å². The fourth-order valence-corrected chi connectivity index (χ4v) is 3.81. The first kappa shape index (κ1) is 20.1. The Hall–Kier alpha value is -2.61. The van der Waals surface area contributed by atoms with Gasteiger partial charge in [-0.3, -0.25) is 14.5 Å². The smallest absolute Gasteiger partial charge is 0.317 e. The molecule has 3 N–H and O–H groups in total. The minimum Gasteiger partial charge on any atom is -0.480 e. The quantitative estimate of drug-likeness (QED) is 0.627. The maximum Gasteiger partial charge on any atom is 0.317 e. The minimum atomic E-state index is -0.823. The summed E-state index contributed by atoms with van der Waals surface area (Å²) in [6.07, 6.45) is 3.05. The average molecular weight is 388 g/mol. The van der Waals surface area contributed by atoms with Crippen molar-refractivity contribution in [3.05, 3.63) is 29.8 Å². The van der Waals surface area contributed by atoms with Gasteiger partial charge in [-0.2, -0.15) is 0 Å². The first-order valence-electron chi connectivity index (χ1n) is 9.85. The van der Waals surface area contributed by atoms with Crippen molar-refractivity contribution < 1.29 is 19.5 Å². The maximum absolute atomic E-state index is 12.1. The minimum absolute atomic E-state index is 0.0408. The highest BCUT2D eigenvalue weighted by atomic mass is 16.4. The van der Waals surface area contributed by atoms with Gasteiger partial charge < -0.3 is 20.6 Å². The van der Waals surface area contributed by atoms with Crippen LogP contribution < -0.4 is 15.5 Å². The first-order chi connectivity index (χ1) is 13.5. The number of carbonyl (C=O) groups excluding carboxylic acids is 2. The molecule has 0 unspecified atom stereocenters. The predicted molar refractivity (Wildman–Crippen MR) is 105 cm³/mol. The van der Waals surface area contributed by atoms with E-state index in [1.54, 1.807) is 4.90 Å². The molecular formula is C20H28N4O4. The van der Waals surface area contributed by atoms with Crippen molar-refractivity contribution in [3.8, 4) is 0 Å². The van der Waals surface area contributed by atoms with Gasteiger partial charge in [0.1, 0.15) is 0 Å². The largest absolute Gasteiger partial charge is 0.480 e. The van der Waals surface area contributed by atoms with E-state index in [1.165, 1.54) is 0 Å². The monoisotopic (exact) mass is 388 g/mol. The second-order valence-corrected chi connectivity index (χ2v) is 7.42. The molecule has 1 aliphatic heterocycles.